The van der Waals surface area contributed by atoms with E-state index in [1.165, 1.54) is 12.0 Å². The average molecular weight is 642 g/mol. The number of carbonyl (C=O) groups is 4. The van der Waals surface area contributed by atoms with Crippen LogP contribution in [0.1, 0.15) is 78.9 Å². The van der Waals surface area contributed by atoms with Crippen LogP contribution in [0.15, 0.2) is 48.5 Å². The van der Waals surface area contributed by atoms with Crippen molar-refractivity contribution in [2.45, 2.75) is 98.6 Å². The van der Waals surface area contributed by atoms with Crippen molar-refractivity contribution in [1.82, 2.24) is 10.2 Å². The molecule has 3 amide bonds. The number of benzene rings is 2. The summed E-state index contributed by atoms with van der Waals surface area (Å²) in [6.07, 6.45) is 0.242. The van der Waals surface area contributed by atoms with Crippen LogP contribution in [0.2, 0.25) is 0 Å². The van der Waals surface area contributed by atoms with Crippen LogP contribution in [0.4, 0.5) is 4.79 Å². The highest BCUT2D eigenvalue weighted by molar-refractivity contribution is 5.90. The molecule has 0 saturated heterocycles. The number of hydrogen-bond donors (Lipinski definition) is 2. The van der Waals surface area contributed by atoms with E-state index in [9.17, 15) is 19.2 Å². The summed E-state index contributed by atoms with van der Waals surface area (Å²) in [7, 11) is 1.50. The van der Waals surface area contributed by atoms with Crippen molar-refractivity contribution in [3.8, 4) is 11.5 Å². The summed E-state index contributed by atoms with van der Waals surface area (Å²) < 4.78 is 22.6. The summed E-state index contributed by atoms with van der Waals surface area (Å²) >= 11 is 0. The van der Waals surface area contributed by atoms with E-state index in [1.807, 2.05) is 58.0 Å². The van der Waals surface area contributed by atoms with Crippen molar-refractivity contribution < 1.29 is 38.1 Å². The van der Waals surface area contributed by atoms with Gasteiger partial charge in [0.1, 0.15) is 35.8 Å². The Balaban J connectivity index is 2.44. The van der Waals surface area contributed by atoms with E-state index < -0.39 is 41.6 Å². The van der Waals surface area contributed by atoms with Crippen molar-refractivity contribution in [3.05, 3.63) is 59.7 Å². The lowest BCUT2D eigenvalue weighted by atomic mass is 9.97. The Morgan fingerprint density at radius 1 is 0.978 bits per heavy atom. The number of hydrogen-bond acceptors (Lipinski definition) is 8. The molecule has 0 heterocycles. The predicted octanol–water partition coefficient (Wildman–Crippen LogP) is 5.38. The van der Waals surface area contributed by atoms with Crippen molar-refractivity contribution in [2.75, 3.05) is 13.7 Å². The molecule has 0 bridgehead atoms. The van der Waals surface area contributed by atoms with Crippen LogP contribution in [0.25, 0.3) is 0 Å². The van der Waals surface area contributed by atoms with Crippen LogP contribution >= 0.6 is 0 Å². The number of carbonyl (C=O) groups excluding carboxylic acids is 4. The summed E-state index contributed by atoms with van der Waals surface area (Å²) in [6, 6.07) is 12.5. The third-order valence-electron chi connectivity index (χ3n) is 6.84. The zero-order valence-corrected chi connectivity index (χ0v) is 28.5. The van der Waals surface area contributed by atoms with Gasteiger partial charge in [-0.2, -0.15) is 0 Å². The van der Waals surface area contributed by atoms with Gasteiger partial charge in [-0.1, -0.05) is 58.0 Å². The highest BCUT2D eigenvalue weighted by Crippen LogP contribution is 2.29. The molecule has 11 nitrogen and oxygen atoms in total. The van der Waals surface area contributed by atoms with Crippen LogP contribution in [-0.2, 0) is 37.0 Å². The monoisotopic (exact) mass is 641 g/mol. The molecular formula is C35H51N3O8. The van der Waals surface area contributed by atoms with Crippen LogP contribution in [0.5, 0.6) is 11.5 Å². The number of amides is 3. The largest absolute Gasteiger partial charge is 0.496 e. The molecule has 2 rings (SSSR count). The average Bonchev–Trinajstić information content (AvgIpc) is 2.96. The lowest BCUT2D eigenvalue weighted by molar-refractivity contribution is -0.168. The molecule has 2 aromatic carbocycles. The number of rotatable bonds is 17. The highest BCUT2D eigenvalue weighted by Gasteiger charge is 2.39. The summed E-state index contributed by atoms with van der Waals surface area (Å²) in [5.41, 5.74) is 5.85. The number of nitrogens with zero attached hydrogens (tertiary/aromatic N) is 1. The molecule has 11 heteroatoms. The third-order valence-corrected chi connectivity index (χ3v) is 6.84. The van der Waals surface area contributed by atoms with E-state index >= 15 is 0 Å². The van der Waals surface area contributed by atoms with Gasteiger partial charge in [-0.05, 0) is 63.1 Å². The van der Waals surface area contributed by atoms with E-state index in [2.05, 4.69) is 5.32 Å². The van der Waals surface area contributed by atoms with Gasteiger partial charge in [0, 0.05) is 18.1 Å². The van der Waals surface area contributed by atoms with E-state index in [0.717, 1.165) is 5.56 Å². The number of nitrogens with one attached hydrogen (secondary N) is 1. The molecule has 254 valence electrons. The minimum Gasteiger partial charge on any atom is -0.496 e. The maximum atomic E-state index is 14.4. The molecule has 0 aliphatic rings. The summed E-state index contributed by atoms with van der Waals surface area (Å²) in [4.78, 5) is 53.6. The molecule has 2 atom stereocenters. The molecule has 0 aliphatic heterocycles. The van der Waals surface area contributed by atoms with E-state index in [-0.39, 0.29) is 38.0 Å². The molecule has 0 aromatic heterocycles. The first-order chi connectivity index (χ1) is 21.6. The molecule has 0 saturated carbocycles. The van der Waals surface area contributed by atoms with Crippen LogP contribution < -0.4 is 20.5 Å². The molecule has 3 N–H and O–H groups in total. The molecule has 0 unspecified atom stereocenters. The standard InChI is InChI=1S/C35H51N3O8/c1-23(2)19-28(37-34(42)45-22-25-13-10-9-11-14-25)32(40)38(31(24(3)4)33(41)46-35(5,6)7)21-26-16-17-27(20-29(26)43-8)44-18-12-15-30(36)39/h9-11,13-14,16-17,20,23-24,28,31H,12,15,18-19,21-22H2,1-8H3,(H2,36,39)(H,37,42)/t28-,31-/m0/s1. The van der Waals surface area contributed by atoms with Crippen molar-refractivity contribution in [1.29, 1.82) is 0 Å². The first-order valence-electron chi connectivity index (χ1n) is 15.7. The Bertz CT molecular complexity index is 1290. The second-order valence-electron chi connectivity index (χ2n) is 13.0. The van der Waals surface area contributed by atoms with E-state index in [1.54, 1.807) is 39.0 Å². The minimum atomic E-state index is -0.981. The fourth-order valence-electron chi connectivity index (χ4n) is 4.80. The first-order valence-corrected chi connectivity index (χ1v) is 15.7. The molecule has 2 aromatic rings. The lowest BCUT2D eigenvalue weighted by Crippen LogP contribution is -2.56. The number of esters is 1. The Kier molecular flexibility index (Phi) is 14.8. The quantitative estimate of drug-likeness (QED) is 0.173. The molecule has 0 aliphatic carbocycles. The number of ether oxygens (including phenoxy) is 4. The molecule has 0 radical (unpaired) electrons. The van der Waals surface area contributed by atoms with E-state index in [4.69, 9.17) is 24.7 Å². The number of alkyl carbamates (subject to hydrolysis) is 1. The number of primary amides is 1. The maximum absolute atomic E-state index is 14.4. The fourth-order valence-corrected chi connectivity index (χ4v) is 4.80. The lowest BCUT2D eigenvalue weighted by Gasteiger charge is -2.37. The Hall–Kier alpha value is -4.28. The van der Waals surface area contributed by atoms with Crippen molar-refractivity contribution in [2.24, 2.45) is 17.6 Å². The first kappa shape index (κ1) is 37.9. The van der Waals surface area contributed by atoms with Gasteiger partial charge in [0.05, 0.1) is 20.3 Å². The van der Waals surface area contributed by atoms with Gasteiger partial charge >= 0.3 is 12.1 Å². The molecule has 0 spiro atoms. The van der Waals surface area contributed by atoms with Gasteiger partial charge in [-0.25, -0.2) is 9.59 Å². The topological polar surface area (TPSA) is 146 Å². The summed E-state index contributed by atoms with van der Waals surface area (Å²) in [5.74, 6) is -0.764. The summed E-state index contributed by atoms with van der Waals surface area (Å²) in [5, 5.41) is 2.75. The second kappa shape index (κ2) is 18.0. The Morgan fingerprint density at radius 2 is 1.65 bits per heavy atom. The maximum Gasteiger partial charge on any atom is 0.408 e. The van der Waals surface area contributed by atoms with Gasteiger partial charge in [0.15, 0.2) is 0 Å². The highest BCUT2D eigenvalue weighted by atomic mass is 16.6. The molecular weight excluding hydrogens is 590 g/mol. The third kappa shape index (κ3) is 13.0. The van der Waals surface area contributed by atoms with Crippen molar-refractivity contribution in [3.63, 3.8) is 0 Å². The second-order valence-corrected chi connectivity index (χ2v) is 13.0. The van der Waals surface area contributed by atoms with Gasteiger partial charge in [-0.15, -0.1) is 0 Å². The zero-order valence-electron chi connectivity index (χ0n) is 28.5. The van der Waals surface area contributed by atoms with E-state index in [0.29, 0.717) is 29.9 Å². The van der Waals surface area contributed by atoms with Crippen LogP contribution in [0, 0.1) is 11.8 Å². The summed E-state index contributed by atoms with van der Waals surface area (Å²) in [6.45, 7) is 13.2. The number of methoxy groups -OCH3 is 1. The fraction of sp³-hybridized carbons (Fsp3) is 0.543. The number of nitrogens with two attached hydrogens (primary N) is 1. The minimum absolute atomic E-state index is 0.0125. The van der Waals surface area contributed by atoms with Gasteiger partial charge in [0.2, 0.25) is 11.8 Å². The van der Waals surface area contributed by atoms with Crippen LogP contribution in [-0.4, -0.2) is 60.2 Å². The molecule has 0 fully saturated rings. The van der Waals surface area contributed by atoms with Gasteiger partial charge in [0.25, 0.3) is 0 Å². The Morgan fingerprint density at radius 3 is 2.22 bits per heavy atom. The van der Waals surface area contributed by atoms with Crippen molar-refractivity contribution >= 4 is 23.9 Å². The normalized spacial score (nSPS) is 12.7. The van der Waals surface area contributed by atoms with Gasteiger partial charge < -0.3 is 34.9 Å². The van der Waals surface area contributed by atoms with Crippen LogP contribution in [0.3, 0.4) is 0 Å². The Labute approximate surface area is 273 Å². The molecule has 46 heavy (non-hydrogen) atoms. The SMILES string of the molecule is COc1cc(OCCCC(N)=O)ccc1CN(C(=O)[C@H](CC(C)C)NC(=O)OCc1ccccc1)[C@H](C(=O)OC(C)(C)C)C(C)C. The predicted molar refractivity (Wildman–Crippen MR) is 175 cm³/mol. The smallest absolute Gasteiger partial charge is 0.408 e. The zero-order chi connectivity index (χ0) is 34.4. The van der Waals surface area contributed by atoms with Gasteiger partial charge in [-0.3, -0.25) is 9.59 Å².